The minimum atomic E-state index is -0.0663. The van der Waals surface area contributed by atoms with E-state index in [1.165, 1.54) is 39.0 Å². The Balaban J connectivity index is 1.47. The van der Waals surface area contributed by atoms with Gasteiger partial charge in [0, 0.05) is 29.5 Å². The third kappa shape index (κ3) is 4.21. The van der Waals surface area contributed by atoms with Crippen LogP contribution in [-0.4, -0.2) is 26.7 Å². The second kappa shape index (κ2) is 9.95. The molecule has 190 valence electrons. The molecule has 0 bridgehead atoms. The zero-order valence-corrected chi connectivity index (χ0v) is 22.6. The molecule has 6 rings (SSSR count). The Morgan fingerprint density at radius 2 is 1.68 bits per heavy atom. The summed E-state index contributed by atoms with van der Waals surface area (Å²) in [5.74, 6) is 0.845. The molecular weight excluding hydrogens is 488 g/mol. The van der Waals surface area contributed by atoms with Gasteiger partial charge >= 0.3 is 0 Å². The summed E-state index contributed by atoms with van der Waals surface area (Å²) in [6.45, 7) is 5.08. The zero-order valence-electron chi connectivity index (χ0n) is 21.8. The highest BCUT2D eigenvalue weighted by molar-refractivity contribution is 7.80. The van der Waals surface area contributed by atoms with E-state index in [-0.39, 0.29) is 12.1 Å². The number of pyridine rings is 1. The van der Waals surface area contributed by atoms with Crippen LogP contribution in [0.25, 0.3) is 16.5 Å². The molecule has 1 aliphatic heterocycles. The highest BCUT2D eigenvalue weighted by Crippen LogP contribution is 2.42. The van der Waals surface area contributed by atoms with Gasteiger partial charge in [0.2, 0.25) is 0 Å². The first-order valence-corrected chi connectivity index (χ1v) is 13.2. The molecule has 2 aromatic heterocycles. The predicted molar refractivity (Wildman–Crippen MR) is 157 cm³/mol. The number of fused-ring (bicyclic) bond motifs is 1. The highest BCUT2D eigenvalue weighted by atomic mass is 32.1. The number of benzene rings is 3. The van der Waals surface area contributed by atoms with E-state index in [9.17, 15) is 0 Å². The lowest BCUT2D eigenvalue weighted by molar-refractivity contribution is 0.310. The number of methoxy groups -OCH3 is 1. The van der Waals surface area contributed by atoms with Gasteiger partial charge in [-0.1, -0.05) is 54.6 Å². The molecule has 5 nitrogen and oxygen atoms in total. The number of aromatic nitrogens is 2. The largest absolute Gasteiger partial charge is 0.497 e. The summed E-state index contributed by atoms with van der Waals surface area (Å²) in [5, 5.41) is 6.80. The summed E-state index contributed by atoms with van der Waals surface area (Å²) in [6.07, 6.45) is 1.85. The molecule has 1 aliphatic rings. The minimum Gasteiger partial charge on any atom is -0.497 e. The minimum absolute atomic E-state index is 0.0190. The Labute approximate surface area is 228 Å². The van der Waals surface area contributed by atoms with Crippen molar-refractivity contribution < 1.29 is 4.74 Å². The zero-order chi connectivity index (χ0) is 26.2. The van der Waals surface area contributed by atoms with Crippen molar-refractivity contribution in [3.63, 3.8) is 0 Å². The lowest BCUT2D eigenvalue weighted by atomic mass is 9.96. The van der Waals surface area contributed by atoms with E-state index >= 15 is 0 Å². The van der Waals surface area contributed by atoms with E-state index in [4.69, 9.17) is 21.9 Å². The molecule has 3 heterocycles. The number of rotatable bonds is 6. The van der Waals surface area contributed by atoms with Crippen LogP contribution in [0.3, 0.4) is 0 Å². The van der Waals surface area contributed by atoms with Crippen LogP contribution < -0.4 is 10.1 Å². The fourth-order valence-electron chi connectivity index (χ4n) is 5.70. The van der Waals surface area contributed by atoms with Gasteiger partial charge in [-0.25, -0.2) is 0 Å². The third-order valence-corrected chi connectivity index (χ3v) is 7.86. The van der Waals surface area contributed by atoms with E-state index in [0.29, 0.717) is 6.54 Å². The maximum absolute atomic E-state index is 5.94. The van der Waals surface area contributed by atoms with Crippen LogP contribution in [0.5, 0.6) is 5.75 Å². The van der Waals surface area contributed by atoms with Crippen molar-refractivity contribution in [2.24, 2.45) is 0 Å². The van der Waals surface area contributed by atoms with Crippen LogP contribution in [-0.2, 0) is 6.54 Å². The van der Waals surface area contributed by atoms with Crippen molar-refractivity contribution in [2.45, 2.75) is 32.5 Å². The first kappa shape index (κ1) is 24.2. The summed E-state index contributed by atoms with van der Waals surface area (Å²) >= 11 is 5.94. The molecule has 38 heavy (non-hydrogen) atoms. The van der Waals surface area contributed by atoms with E-state index in [0.717, 1.165) is 16.6 Å². The number of aryl methyl sites for hydroxylation is 1. The van der Waals surface area contributed by atoms with E-state index < -0.39 is 0 Å². The van der Waals surface area contributed by atoms with Crippen molar-refractivity contribution in [1.29, 1.82) is 0 Å². The van der Waals surface area contributed by atoms with Gasteiger partial charge in [-0.05, 0) is 79.0 Å². The van der Waals surface area contributed by atoms with E-state index in [1.54, 1.807) is 7.11 Å². The molecule has 3 aromatic carbocycles. The van der Waals surface area contributed by atoms with E-state index in [2.05, 4.69) is 95.4 Å². The molecule has 6 heteroatoms. The maximum atomic E-state index is 5.94. The first-order valence-electron chi connectivity index (χ1n) is 12.8. The van der Waals surface area contributed by atoms with Gasteiger partial charge in [0.25, 0.3) is 0 Å². The molecule has 1 saturated heterocycles. The average Bonchev–Trinajstić information content (AvgIpc) is 3.43. The normalized spacial score (nSPS) is 17.1. The van der Waals surface area contributed by atoms with Crippen molar-refractivity contribution >= 4 is 28.1 Å². The Kier molecular flexibility index (Phi) is 6.34. The third-order valence-electron chi connectivity index (χ3n) is 7.51. The number of ether oxygens (including phenoxy) is 1. The Morgan fingerprint density at radius 3 is 2.45 bits per heavy atom. The number of hydrogen-bond donors (Lipinski definition) is 1. The van der Waals surface area contributed by atoms with Crippen LogP contribution in [0.2, 0.25) is 0 Å². The molecule has 0 amide bonds. The highest BCUT2D eigenvalue weighted by Gasteiger charge is 2.41. The molecule has 2 atom stereocenters. The second-order valence-electron chi connectivity index (χ2n) is 9.76. The molecular formula is C32H30N4OS. The summed E-state index contributed by atoms with van der Waals surface area (Å²) < 4.78 is 7.74. The van der Waals surface area contributed by atoms with Crippen molar-refractivity contribution in [1.82, 2.24) is 19.8 Å². The fourth-order valence-corrected chi connectivity index (χ4v) is 6.01. The van der Waals surface area contributed by atoms with Gasteiger partial charge in [0.1, 0.15) is 5.75 Å². The van der Waals surface area contributed by atoms with Gasteiger partial charge in [-0.15, -0.1) is 0 Å². The lowest BCUT2D eigenvalue weighted by Crippen LogP contribution is -2.29. The van der Waals surface area contributed by atoms with Crippen LogP contribution in [0.4, 0.5) is 0 Å². The predicted octanol–water partition coefficient (Wildman–Crippen LogP) is 6.82. The van der Waals surface area contributed by atoms with Crippen LogP contribution in [0.1, 0.15) is 40.3 Å². The number of nitrogens with one attached hydrogen (secondary N) is 1. The van der Waals surface area contributed by atoms with Crippen molar-refractivity contribution in [3.05, 3.63) is 125 Å². The number of hydrogen-bond acceptors (Lipinski definition) is 3. The fraction of sp³-hybridized carbons (Fsp3) is 0.188. The lowest BCUT2D eigenvalue weighted by Gasteiger charge is -2.28. The molecule has 1 fully saturated rings. The Bertz CT molecular complexity index is 1610. The second-order valence-corrected chi connectivity index (χ2v) is 10.1. The Hall–Kier alpha value is -4.16. The van der Waals surface area contributed by atoms with Gasteiger partial charge in [0.15, 0.2) is 5.11 Å². The number of thiocarbonyl (C=S) groups is 1. The Morgan fingerprint density at radius 1 is 0.921 bits per heavy atom. The molecule has 0 radical (unpaired) electrons. The van der Waals surface area contributed by atoms with Crippen LogP contribution in [0.15, 0.2) is 97.2 Å². The monoisotopic (exact) mass is 518 g/mol. The topological polar surface area (TPSA) is 42.3 Å². The van der Waals surface area contributed by atoms with Crippen LogP contribution in [0, 0.1) is 13.8 Å². The molecule has 1 N–H and O–H groups in total. The van der Waals surface area contributed by atoms with Gasteiger partial charge in [-0.2, -0.15) is 0 Å². The quantitative estimate of drug-likeness (QED) is 0.250. The molecule has 5 aromatic rings. The average molecular weight is 519 g/mol. The summed E-state index contributed by atoms with van der Waals surface area (Å²) in [4.78, 5) is 7.02. The molecule has 0 aliphatic carbocycles. The molecule has 0 saturated carbocycles. The van der Waals surface area contributed by atoms with Crippen LogP contribution >= 0.6 is 12.2 Å². The standard InChI is InChI=1S/C32H30N4OS/c1-21-19-27(22(2)36(21)29-13-8-10-24-9-4-5-11-26(24)29)31-30(28-12-6-7-18-33-28)34-32(38)35(31)20-23-14-16-25(37-3)17-15-23/h4-19,30-31H,20H2,1-3H3,(H,34,38)/t30-,31+/m1/s1. The van der Waals surface area contributed by atoms with Crippen molar-refractivity contribution in [3.8, 4) is 11.4 Å². The van der Waals surface area contributed by atoms with Gasteiger partial charge in [0.05, 0.1) is 30.6 Å². The summed E-state index contributed by atoms with van der Waals surface area (Å²) in [7, 11) is 1.69. The number of nitrogens with zero attached hydrogens (tertiary/aromatic N) is 3. The molecule has 0 spiro atoms. The smallest absolute Gasteiger partial charge is 0.170 e. The van der Waals surface area contributed by atoms with Gasteiger partial charge < -0.3 is 19.5 Å². The SMILES string of the molecule is COc1ccc(CN2C(=S)N[C@H](c3ccccn3)[C@@H]2c2cc(C)n(-c3cccc4ccccc34)c2C)cc1. The summed E-state index contributed by atoms with van der Waals surface area (Å²) in [6, 6.07) is 31.6. The van der Waals surface area contributed by atoms with E-state index in [1.807, 2.05) is 30.5 Å². The maximum Gasteiger partial charge on any atom is 0.170 e. The first-order chi connectivity index (χ1) is 18.5. The van der Waals surface area contributed by atoms with Crippen molar-refractivity contribution in [2.75, 3.05) is 7.11 Å². The molecule has 0 unspecified atom stereocenters. The summed E-state index contributed by atoms with van der Waals surface area (Å²) in [5.41, 5.74) is 6.98. The van der Waals surface area contributed by atoms with Gasteiger partial charge in [-0.3, -0.25) is 4.98 Å².